The third-order valence-corrected chi connectivity index (χ3v) is 4.76. The summed E-state index contributed by atoms with van der Waals surface area (Å²) in [4.78, 5) is 26.3. The first-order valence-electron chi connectivity index (χ1n) is 7.79. The fourth-order valence-corrected chi connectivity index (χ4v) is 3.30. The van der Waals surface area contributed by atoms with Gasteiger partial charge in [-0.1, -0.05) is 15.9 Å². The Morgan fingerprint density at radius 2 is 1.64 bits per heavy atom. The Bertz CT molecular complexity index is 802. The van der Waals surface area contributed by atoms with Crippen molar-refractivity contribution < 1.29 is 9.72 Å². The summed E-state index contributed by atoms with van der Waals surface area (Å²) in [5.41, 5.74) is 7.49. The number of rotatable bonds is 4. The van der Waals surface area contributed by atoms with Gasteiger partial charge in [-0.2, -0.15) is 0 Å². The average Bonchev–Trinajstić information content (AvgIpc) is 2.61. The molecule has 0 unspecified atom stereocenters. The van der Waals surface area contributed by atoms with E-state index in [1.165, 1.54) is 6.07 Å². The molecule has 0 radical (unpaired) electrons. The molecule has 1 saturated heterocycles. The Morgan fingerprint density at radius 1 is 1.04 bits per heavy atom. The Kier molecular flexibility index (Phi) is 4.89. The van der Waals surface area contributed by atoms with Crippen LogP contribution >= 0.6 is 15.9 Å². The Hall–Kier alpha value is -2.61. The molecular weight excluding hydrogens is 388 g/mol. The molecule has 0 aromatic heterocycles. The van der Waals surface area contributed by atoms with Gasteiger partial charge in [-0.3, -0.25) is 14.9 Å². The van der Waals surface area contributed by atoms with Crippen LogP contribution in [0.5, 0.6) is 0 Å². The summed E-state index contributed by atoms with van der Waals surface area (Å²) < 4.78 is 0.817. The Labute approximate surface area is 153 Å². The maximum Gasteiger partial charge on any atom is 0.292 e. The number of nitro groups is 1. The third-order valence-electron chi connectivity index (χ3n) is 4.27. The van der Waals surface area contributed by atoms with E-state index in [2.05, 4.69) is 20.8 Å². The van der Waals surface area contributed by atoms with Crippen molar-refractivity contribution in [3.63, 3.8) is 0 Å². The van der Waals surface area contributed by atoms with E-state index < -0.39 is 5.91 Å². The normalized spacial score (nSPS) is 14.4. The Balaban J connectivity index is 1.73. The van der Waals surface area contributed by atoms with Gasteiger partial charge in [0.1, 0.15) is 5.69 Å². The zero-order valence-corrected chi connectivity index (χ0v) is 15.0. The van der Waals surface area contributed by atoms with Crippen LogP contribution in [0.15, 0.2) is 46.9 Å². The summed E-state index contributed by atoms with van der Waals surface area (Å²) in [5, 5.41) is 11.3. The molecule has 25 heavy (non-hydrogen) atoms. The maximum absolute atomic E-state index is 11.3. The lowest BCUT2D eigenvalue weighted by molar-refractivity contribution is -0.384. The van der Waals surface area contributed by atoms with Crippen molar-refractivity contribution in [2.45, 2.75) is 0 Å². The molecule has 3 rings (SSSR count). The molecule has 0 atom stereocenters. The SMILES string of the molecule is NC(=O)c1ccc(N2CCN(c3cc(Br)ccc3[N+](=O)[O-])CC2)cc1. The second-order valence-corrected chi connectivity index (χ2v) is 6.69. The predicted octanol–water partition coefficient (Wildman–Crippen LogP) is 2.78. The van der Waals surface area contributed by atoms with Gasteiger partial charge in [-0.05, 0) is 36.4 Å². The second kappa shape index (κ2) is 7.10. The number of anilines is 2. The first-order chi connectivity index (χ1) is 12.0. The summed E-state index contributed by atoms with van der Waals surface area (Å²) in [7, 11) is 0. The van der Waals surface area contributed by atoms with Crippen LogP contribution in [-0.4, -0.2) is 37.0 Å². The highest BCUT2D eigenvalue weighted by molar-refractivity contribution is 9.10. The van der Waals surface area contributed by atoms with Crippen molar-refractivity contribution in [2.24, 2.45) is 5.73 Å². The molecule has 0 aliphatic carbocycles. The largest absolute Gasteiger partial charge is 0.368 e. The average molecular weight is 405 g/mol. The topological polar surface area (TPSA) is 92.7 Å². The molecule has 1 fully saturated rings. The van der Waals surface area contributed by atoms with E-state index in [0.717, 1.165) is 23.2 Å². The van der Waals surface area contributed by atoms with E-state index in [-0.39, 0.29) is 10.6 Å². The van der Waals surface area contributed by atoms with Crippen molar-refractivity contribution in [1.82, 2.24) is 0 Å². The molecule has 2 aromatic rings. The third kappa shape index (κ3) is 3.74. The van der Waals surface area contributed by atoms with Crippen LogP contribution in [0.4, 0.5) is 17.1 Å². The number of amides is 1. The molecule has 1 aliphatic heterocycles. The van der Waals surface area contributed by atoms with Gasteiger partial charge in [-0.25, -0.2) is 0 Å². The molecule has 7 nitrogen and oxygen atoms in total. The number of nitro benzene ring substituents is 1. The summed E-state index contributed by atoms with van der Waals surface area (Å²) in [6, 6.07) is 12.2. The van der Waals surface area contributed by atoms with Gasteiger partial charge in [-0.15, -0.1) is 0 Å². The lowest BCUT2D eigenvalue weighted by atomic mass is 10.1. The van der Waals surface area contributed by atoms with Gasteiger partial charge in [0.15, 0.2) is 0 Å². The van der Waals surface area contributed by atoms with Crippen LogP contribution in [0, 0.1) is 10.1 Å². The standard InChI is InChI=1S/C17H17BrN4O3/c18-13-3-6-15(22(24)25)16(11-13)21-9-7-20(8-10-21)14-4-1-12(2-5-14)17(19)23/h1-6,11H,7-10H2,(H2,19,23). The number of primary amides is 1. The summed E-state index contributed by atoms with van der Waals surface area (Å²) in [6.07, 6.45) is 0. The zero-order chi connectivity index (χ0) is 18.0. The smallest absolute Gasteiger partial charge is 0.292 e. The molecule has 130 valence electrons. The number of nitrogens with two attached hydrogens (primary N) is 1. The lowest BCUT2D eigenvalue weighted by Crippen LogP contribution is -2.46. The van der Waals surface area contributed by atoms with Crippen molar-refractivity contribution >= 4 is 38.9 Å². The number of benzene rings is 2. The molecule has 1 amide bonds. The number of hydrogen-bond acceptors (Lipinski definition) is 5. The quantitative estimate of drug-likeness (QED) is 0.624. The van der Waals surface area contributed by atoms with Crippen molar-refractivity contribution in [3.05, 3.63) is 62.6 Å². The molecule has 0 bridgehead atoms. The van der Waals surface area contributed by atoms with Crippen LogP contribution in [0.2, 0.25) is 0 Å². The molecule has 0 saturated carbocycles. The minimum absolute atomic E-state index is 0.113. The first-order valence-corrected chi connectivity index (χ1v) is 8.59. The molecule has 2 aromatic carbocycles. The molecule has 0 spiro atoms. The predicted molar refractivity (Wildman–Crippen MR) is 100 cm³/mol. The molecule has 8 heteroatoms. The zero-order valence-electron chi connectivity index (χ0n) is 13.4. The van der Waals surface area contributed by atoms with Crippen LogP contribution in [0.3, 0.4) is 0 Å². The number of carbonyl (C=O) groups is 1. The van der Waals surface area contributed by atoms with Crippen molar-refractivity contribution in [3.8, 4) is 0 Å². The lowest BCUT2D eigenvalue weighted by Gasteiger charge is -2.37. The van der Waals surface area contributed by atoms with E-state index in [4.69, 9.17) is 5.73 Å². The van der Waals surface area contributed by atoms with Crippen LogP contribution in [0.25, 0.3) is 0 Å². The number of hydrogen-bond donors (Lipinski definition) is 1. The summed E-state index contributed by atoms with van der Waals surface area (Å²) in [5.74, 6) is -0.446. The summed E-state index contributed by atoms with van der Waals surface area (Å²) in [6.45, 7) is 2.82. The molecule has 1 aliphatic rings. The maximum atomic E-state index is 11.3. The van der Waals surface area contributed by atoms with Crippen LogP contribution < -0.4 is 15.5 Å². The Morgan fingerprint density at radius 3 is 2.20 bits per heavy atom. The summed E-state index contributed by atoms with van der Waals surface area (Å²) >= 11 is 3.38. The van der Waals surface area contributed by atoms with E-state index in [1.54, 1.807) is 24.3 Å². The minimum Gasteiger partial charge on any atom is -0.368 e. The fraction of sp³-hybridized carbons (Fsp3) is 0.235. The highest BCUT2D eigenvalue weighted by Gasteiger charge is 2.24. The van der Waals surface area contributed by atoms with Gasteiger partial charge < -0.3 is 15.5 Å². The van der Waals surface area contributed by atoms with Crippen LogP contribution in [-0.2, 0) is 0 Å². The van der Waals surface area contributed by atoms with Gasteiger partial charge >= 0.3 is 0 Å². The van der Waals surface area contributed by atoms with Gasteiger partial charge in [0, 0.05) is 48.0 Å². The monoisotopic (exact) mass is 404 g/mol. The van der Waals surface area contributed by atoms with Gasteiger partial charge in [0.2, 0.25) is 5.91 Å². The highest BCUT2D eigenvalue weighted by atomic mass is 79.9. The van der Waals surface area contributed by atoms with Crippen molar-refractivity contribution in [2.75, 3.05) is 36.0 Å². The number of nitrogens with zero attached hydrogens (tertiary/aromatic N) is 3. The first kappa shape index (κ1) is 17.2. The van der Waals surface area contributed by atoms with E-state index >= 15 is 0 Å². The van der Waals surface area contributed by atoms with Gasteiger partial charge in [0.25, 0.3) is 5.69 Å². The second-order valence-electron chi connectivity index (χ2n) is 5.78. The minimum atomic E-state index is -0.446. The fourth-order valence-electron chi connectivity index (χ4n) is 2.95. The molecule has 1 heterocycles. The number of piperazine rings is 1. The van der Waals surface area contributed by atoms with Gasteiger partial charge in [0.05, 0.1) is 4.92 Å². The van der Waals surface area contributed by atoms with E-state index in [1.807, 2.05) is 17.0 Å². The van der Waals surface area contributed by atoms with E-state index in [9.17, 15) is 14.9 Å². The number of carbonyl (C=O) groups excluding carboxylic acids is 1. The molecular formula is C17H17BrN4O3. The van der Waals surface area contributed by atoms with Crippen molar-refractivity contribution in [1.29, 1.82) is 0 Å². The van der Waals surface area contributed by atoms with Crippen LogP contribution in [0.1, 0.15) is 10.4 Å². The number of halogens is 1. The van der Waals surface area contributed by atoms with E-state index in [0.29, 0.717) is 24.3 Å². The molecule has 2 N–H and O–H groups in total. The highest BCUT2D eigenvalue weighted by Crippen LogP contribution is 2.32.